The molecule has 0 atom stereocenters. The van der Waals surface area contributed by atoms with Crippen LogP contribution in [0.25, 0.3) is 0 Å². The van der Waals surface area contributed by atoms with Crippen LogP contribution >= 0.6 is 0 Å². The molecule has 0 saturated carbocycles. The fraction of sp³-hybridized carbons (Fsp3) is 0.462. The minimum atomic E-state index is 1.000. The van der Waals surface area contributed by atoms with E-state index < -0.39 is 0 Å². The van der Waals surface area contributed by atoms with Gasteiger partial charge in [0.05, 0.1) is 5.71 Å². The van der Waals surface area contributed by atoms with E-state index in [1.54, 1.807) is 0 Å². The third kappa shape index (κ3) is 5.89. The van der Waals surface area contributed by atoms with Gasteiger partial charge in [-0.1, -0.05) is 29.4 Å². The van der Waals surface area contributed by atoms with Gasteiger partial charge in [0.25, 0.3) is 0 Å². The molecule has 0 aliphatic rings. The van der Waals surface area contributed by atoms with Gasteiger partial charge in [-0.25, -0.2) is 0 Å². The molecule has 0 saturated heterocycles. The molecular formula is C13H22N2. The number of hydrogen-bond acceptors (Lipinski definition) is 2. The zero-order valence-electron chi connectivity index (χ0n) is 10.7. The molecule has 0 bridgehead atoms. The van der Waals surface area contributed by atoms with Crippen molar-refractivity contribution in [3.63, 3.8) is 0 Å². The van der Waals surface area contributed by atoms with E-state index in [4.69, 9.17) is 0 Å². The highest BCUT2D eigenvalue weighted by atomic mass is 15.3. The summed E-state index contributed by atoms with van der Waals surface area (Å²) in [7, 11) is 1.81. The predicted octanol–water partition coefficient (Wildman–Crippen LogP) is 3.44. The number of hydrazone groups is 1. The molecule has 0 fully saturated rings. The van der Waals surface area contributed by atoms with Crippen molar-refractivity contribution in [1.82, 2.24) is 5.43 Å². The number of nitrogens with one attached hydrogen (secondary N) is 1. The van der Waals surface area contributed by atoms with Crippen LogP contribution in [-0.4, -0.2) is 12.8 Å². The van der Waals surface area contributed by atoms with Crippen molar-refractivity contribution in [1.29, 1.82) is 0 Å². The third-order valence-electron chi connectivity index (χ3n) is 1.98. The number of rotatable bonds is 4. The Labute approximate surface area is 93.5 Å². The van der Waals surface area contributed by atoms with Gasteiger partial charge >= 0.3 is 0 Å². The average molecular weight is 206 g/mol. The molecule has 0 aromatic rings. The van der Waals surface area contributed by atoms with Gasteiger partial charge in [-0.05, 0) is 40.2 Å². The Morgan fingerprint density at radius 1 is 1.07 bits per heavy atom. The van der Waals surface area contributed by atoms with Crippen LogP contribution in [0.4, 0.5) is 0 Å². The van der Waals surface area contributed by atoms with Crippen LogP contribution < -0.4 is 5.43 Å². The van der Waals surface area contributed by atoms with Crippen molar-refractivity contribution in [2.45, 2.75) is 34.6 Å². The van der Waals surface area contributed by atoms with Crippen LogP contribution in [0.2, 0.25) is 0 Å². The van der Waals surface area contributed by atoms with Crippen LogP contribution in [0.3, 0.4) is 0 Å². The highest BCUT2D eigenvalue weighted by molar-refractivity contribution is 6.01. The molecule has 0 heterocycles. The van der Waals surface area contributed by atoms with Gasteiger partial charge in [-0.3, -0.25) is 0 Å². The second kappa shape index (κ2) is 7.04. The van der Waals surface area contributed by atoms with E-state index in [0.717, 1.165) is 11.3 Å². The lowest BCUT2D eigenvalue weighted by Crippen LogP contribution is -2.04. The normalized spacial score (nSPS) is 13.9. The van der Waals surface area contributed by atoms with Crippen molar-refractivity contribution in [3.05, 3.63) is 34.9 Å². The Bertz CT molecular complexity index is 313. The lowest BCUT2D eigenvalue weighted by Gasteiger charge is -2.03. The van der Waals surface area contributed by atoms with Crippen molar-refractivity contribution in [3.8, 4) is 0 Å². The summed E-state index contributed by atoms with van der Waals surface area (Å²) >= 11 is 0. The molecule has 0 radical (unpaired) electrons. The summed E-state index contributed by atoms with van der Waals surface area (Å²) in [6, 6.07) is 0. The zero-order valence-corrected chi connectivity index (χ0v) is 10.7. The average Bonchev–Trinajstić information content (AvgIpc) is 2.16. The summed E-state index contributed by atoms with van der Waals surface area (Å²) < 4.78 is 0. The fourth-order valence-corrected chi connectivity index (χ4v) is 1.12. The summed E-state index contributed by atoms with van der Waals surface area (Å²) in [4.78, 5) is 0. The van der Waals surface area contributed by atoms with Gasteiger partial charge in [-0.2, -0.15) is 5.10 Å². The van der Waals surface area contributed by atoms with E-state index in [9.17, 15) is 0 Å². The van der Waals surface area contributed by atoms with Crippen LogP contribution in [0.15, 0.2) is 40.0 Å². The van der Waals surface area contributed by atoms with Gasteiger partial charge in [0.2, 0.25) is 0 Å². The van der Waals surface area contributed by atoms with E-state index in [1.165, 1.54) is 11.1 Å². The van der Waals surface area contributed by atoms with Gasteiger partial charge in [0.15, 0.2) is 0 Å². The molecule has 15 heavy (non-hydrogen) atoms. The molecule has 1 N–H and O–H groups in total. The SMILES string of the molecule is C\C=C(C)/C=C(C=C(C)C)/C(C)=N/NC. The molecular weight excluding hydrogens is 184 g/mol. The van der Waals surface area contributed by atoms with Gasteiger partial charge in [0.1, 0.15) is 0 Å². The van der Waals surface area contributed by atoms with Crippen molar-refractivity contribution >= 4 is 5.71 Å². The Hall–Kier alpha value is -1.31. The van der Waals surface area contributed by atoms with E-state index in [0.29, 0.717) is 0 Å². The molecule has 0 amide bonds. The number of nitrogens with zero attached hydrogens (tertiary/aromatic N) is 1. The van der Waals surface area contributed by atoms with E-state index >= 15 is 0 Å². The molecule has 84 valence electrons. The molecule has 0 aromatic carbocycles. The minimum Gasteiger partial charge on any atom is -0.313 e. The summed E-state index contributed by atoms with van der Waals surface area (Å²) in [5.41, 5.74) is 7.48. The maximum Gasteiger partial charge on any atom is 0.0644 e. The zero-order chi connectivity index (χ0) is 11.8. The second-order valence-electron chi connectivity index (χ2n) is 3.77. The molecule has 0 aliphatic carbocycles. The first-order valence-electron chi connectivity index (χ1n) is 5.22. The molecule has 0 rings (SSSR count). The van der Waals surface area contributed by atoms with Crippen LogP contribution in [-0.2, 0) is 0 Å². The number of allylic oxidation sites excluding steroid dienone is 6. The number of hydrogen-bond donors (Lipinski definition) is 1. The fourth-order valence-electron chi connectivity index (χ4n) is 1.12. The summed E-state index contributed by atoms with van der Waals surface area (Å²) in [5.74, 6) is 0. The highest BCUT2D eigenvalue weighted by Gasteiger charge is 1.98. The monoisotopic (exact) mass is 206 g/mol. The Balaban J connectivity index is 5.16. The maximum atomic E-state index is 4.19. The molecule has 0 unspecified atom stereocenters. The van der Waals surface area contributed by atoms with Gasteiger partial charge in [-0.15, -0.1) is 0 Å². The quantitative estimate of drug-likeness (QED) is 0.425. The second-order valence-corrected chi connectivity index (χ2v) is 3.77. The van der Waals surface area contributed by atoms with Crippen molar-refractivity contribution in [2.24, 2.45) is 5.10 Å². The van der Waals surface area contributed by atoms with E-state index in [2.05, 4.69) is 49.5 Å². The molecule has 2 nitrogen and oxygen atoms in total. The first kappa shape index (κ1) is 13.7. The standard InChI is InChI=1S/C13H22N2/c1-7-11(4)9-13(8-10(2)3)12(5)15-14-6/h7-9,14H,1-6H3/b11-7-,13-9+,15-12+. The van der Waals surface area contributed by atoms with Crippen LogP contribution in [0, 0.1) is 0 Å². The van der Waals surface area contributed by atoms with E-state index in [-0.39, 0.29) is 0 Å². The first-order valence-corrected chi connectivity index (χ1v) is 5.22. The Morgan fingerprint density at radius 2 is 1.67 bits per heavy atom. The minimum absolute atomic E-state index is 1.000. The summed E-state index contributed by atoms with van der Waals surface area (Å²) in [5, 5.41) is 4.19. The topological polar surface area (TPSA) is 24.4 Å². The lowest BCUT2D eigenvalue weighted by molar-refractivity contribution is 0.899. The molecule has 0 spiro atoms. The largest absolute Gasteiger partial charge is 0.313 e. The maximum absolute atomic E-state index is 4.19. The highest BCUT2D eigenvalue weighted by Crippen LogP contribution is 2.08. The third-order valence-corrected chi connectivity index (χ3v) is 1.98. The van der Waals surface area contributed by atoms with Crippen molar-refractivity contribution < 1.29 is 0 Å². The smallest absolute Gasteiger partial charge is 0.0644 e. The summed E-state index contributed by atoms with van der Waals surface area (Å²) in [6.45, 7) is 10.3. The van der Waals surface area contributed by atoms with Gasteiger partial charge < -0.3 is 5.43 Å². The lowest BCUT2D eigenvalue weighted by atomic mass is 10.1. The first-order chi connectivity index (χ1) is 7.01. The van der Waals surface area contributed by atoms with Crippen LogP contribution in [0.5, 0.6) is 0 Å². The Kier molecular flexibility index (Phi) is 6.43. The molecule has 0 aliphatic heterocycles. The van der Waals surface area contributed by atoms with E-state index in [1.807, 2.05) is 20.9 Å². The predicted molar refractivity (Wildman–Crippen MR) is 69.1 cm³/mol. The van der Waals surface area contributed by atoms with Crippen LogP contribution in [0.1, 0.15) is 34.6 Å². The van der Waals surface area contributed by atoms with Crippen molar-refractivity contribution in [2.75, 3.05) is 7.05 Å². The summed E-state index contributed by atoms with van der Waals surface area (Å²) in [6.07, 6.45) is 6.37. The molecule has 2 heteroatoms. The molecule has 0 aromatic heterocycles. The Morgan fingerprint density at radius 3 is 2.07 bits per heavy atom. The van der Waals surface area contributed by atoms with Gasteiger partial charge in [0, 0.05) is 7.05 Å².